The van der Waals surface area contributed by atoms with Crippen LogP contribution in [0.1, 0.15) is 26.5 Å². The number of carboxylic acid groups (broad SMARTS) is 1. The first-order chi connectivity index (χ1) is 16.4. The molecule has 0 bridgehead atoms. The van der Waals surface area contributed by atoms with E-state index >= 15 is 0 Å². The quantitative estimate of drug-likeness (QED) is 0.472. The molecule has 3 heterocycles. The van der Waals surface area contributed by atoms with Crippen LogP contribution >= 0.6 is 0 Å². The van der Waals surface area contributed by atoms with Crippen LogP contribution in [0.25, 0.3) is 27.8 Å². The average molecular weight is 457 g/mol. The molecule has 1 saturated heterocycles. The molecule has 0 unspecified atom stereocenters. The minimum Gasteiger partial charge on any atom is -0.477 e. The molecule has 5 rings (SSSR count). The number of ether oxygens (including phenoxy) is 1. The molecule has 3 N–H and O–H groups in total. The normalized spacial score (nSPS) is 13.9. The predicted molar refractivity (Wildman–Crippen MR) is 128 cm³/mol. The Morgan fingerprint density at radius 2 is 1.76 bits per heavy atom. The van der Waals surface area contributed by atoms with E-state index in [9.17, 15) is 14.7 Å². The third kappa shape index (κ3) is 3.86. The molecule has 172 valence electrons. The van der Waals surface area contributed by atoms with Gasteiger partial charge < -0.3 is 20.5 Å². The minimum atomic E-state index is -1.13. The molecule has 1 aliphatic rings. The molecule has 9 heteroatoms. The van der Waals surface area contributed by atoms with Crippen molar-refractivity contribution < 1.29 is 19.4 Å². The molecule has 0 spiro atoms. The van der Waals surface area contributed by atoms with Crippen molar-refractivity contribution >= 4 is 28.6 Å². The second kappa shape index (κ2) is 8.60. The topological polar surface area (TPSA) is 124 Å². The van der Waals surface area contributed by atoms with Crippen molar-refractivity contribution in [2.24, 2.45) is 5.73 Å². The van der Waals surface area contributed by atoms with E-state index < -0.39 is 11.9 Å². The number of primary amides is 1. The van der Waals surface area contributed by atoms with E-state index in [4.69, 9.17) is 10.5 Å². The first-order valence-electron chi connectivity index (χ1n) is 10.9. The van der Waals surface area contributed by atoms with Crippen molar-refractivity contribution in [3.05, 3.63) is 71.5 Å². The maximum atomic E-state index is 11.9. The van der Waals surface area contributed by atoms with Crippen LogP contribution in [0.2, 0.25) is 0 Å². The number of anilines is 1. The summed E-state index contributed by atoms with van der Waals surface area (Å²) in [6.07, 6.45) is 0. The third-order valence-corrected chi connectivity index (χ3v) is 5.96. The van der Waals surface area contributed by atoms with E-state index in [1.54, 1.807) is 35.0 Å². The lowest BCUT2D eigenvalue weighted by atomic mass is 10.0. The molecule has 0 radical (unpaired) electrons. The van der Waals surface area contributed by atoms with Gasteiger partial charge >= 0.3 is 5.97 Å². The average Bonchev–Trinajstić information content (AvgIpc) is 3.20. The molecule has 2 aromatic heterocycles. The zero-order valence-electron chi connectivity index (χ0n) is 18.6. The fourth-order valence-corrected chi connectivity index (χ4v) is 4.27. The van der Waals surface area contributed by atoms with Gasteiger partial charge in [0.15, 0.2) is 11.3 Å². The summed E-state index contributed by atoms with van der Waals surface area (Å²) in [5, 5.41) is 15.1. The number of carbonyl (C=O) groups excluding carboxylic acids is 1. The van der Waals surface area contributed by atoms with Gasteiger partial charge in [0.05, 0.1) is 30.0 Å². The lowest BCUT2D eigenvalue weighted by molar-refractivity contribution is 0.0690. The lowest BCUT2D eigenvalue weighted by Crippen LogP contribution is -2.36. The Morgan fingerprint density at radius 1 is 1.03 bits per heavy atom. The molecule has 34 heavy (non-hydrogen) atoms. The summed E-state index contributed by atoms with van der Waals surface area (Å²) < 4.78 is 6.98. The Bertz CT molecular complexity index is 1410. The number of hydrogen-bond acceptors (Lipinski definition) is 6. The number of nitrogens with two attached hydrogens (primary N) is 1. The predicted octanol–water partition coefficient (Wildman–Crippen LogP) is 3.03. The highest BCUT2D eigenvalue weighted by molar-refractivity contribution is 6.00. The highest BCUT2D eigenvalue weighted by Gasteiger charge is 2.20. The monoisotopic (exact) mass is 457 g/mol. The van der Waals surface area contributed by atoms with E-state index in [1.807, 2.05) is 31.2 Å². The Labute approximate surface area is 195 Å². The smallest absolute Gasteiger partial charge is 0.354 e. The molecule has 0 atom stereocenters. The number of aromatic carboxylic acids is 1. The highest BCUT2D eigenvalue weighted by atomic mass is 16.5. The number of fused-ring (bicyclic) bond motifs is 1. The van der Waals surface area contributed by atoms with Crippen LogP contribution < -0.4 is 10.6 Å². The van der Waals surface area contributed by atoms with Gasteiger partial charge in [-0.1, -0.05) is 18.2 Å². The standard InChI is InChI=1S/C25H23N5O4/c1-15-22-20(16-5-7-18(8-6-16)29-9-11-34-12-10-29)14-21(25(32)33)27-24(22)30(28-15)19-4-2-3-17(13-19)23(26)31/h2-8,13-14H,9-12H2,1H3,(H2,26,31)(H,32,33). The number of nitrogens with zero attached hydrogens (tertiary/aromatic N) is 4. The maximum Gasteiger partial charge on any atom is 0.354 e. The highest BCUT2D eigenvalue weighted by Crippen LogP contribution is 2.33. The molecule has 2 aromatic carbocycles. The van der Waals surface area contributed by atoms with Gasteiger partial charge in [0.1, 0.15) is 0 Å². The molecule has 9 nitrogen and oxygen atoms in total. The summed E-state index contributed by atoms with van der Waals surface area (Å²) in [6.45, 7) is 4.91. The molecule has 0 saturated carbocycles. The molecule has 1 aliphatic heterocycles. The van der Waals surface area contributed by atoms with Crippen LogP contribution in [0.4, 0.5) is 5.69 Å². The number of aromatic nitrogens is 3. The summed E-state index contributed by atoms with van der Waals surface area (Å²) in [6, 6.07) is 16.3. The molecule has 0 aliphatic carbocycles. The van der Waals surface area contributed by atoms with Crippen molar-refractivity contribution in [1.29, 1.82) is 0 Å². The summed E-state index contributed by atoms with van der Waals surface area (Å²) in [4.78, 5) is 30.2. The van der Waals surface area contributed by atoms with Crippen molar-refractivity contribution in [1.82, 2.24) is 14.8 Å². The van der Waals surface area contributed by atoms with Gasteiger partial charge in [-0.3, -0.25) is 4.79 Å². The van der Waals surface area contributed by atoms with Gasteiger partial charge in [-0.2, -0.15) is 5.10 Å². The van der Waals surface area contributed by atoms with Gasteiger partial charge in [-0.05, 0) is 54.4 Å². The van der Waals surface area contributed by atoms with Crippen LogP contribution in [0, 0.1) is 6.92 Å². The van der Waals surface area contributed by atoms with Gasteiger partial charge in [-0.25, -0.2) is 14.5 Å². The van der Waals surface area contributed by atoms with E-state index in [0.29, 0.717) is 35.8 Å². The van der Waals surface area contributed by atoms with E-state index in [0.717, 1.165) is 35.3 Å². The number of amides is 1. The molecular formula is C25H23N5O4. The second-order valence-electron chi connectivity index (χ2n) is 8.12. The van der Waals surface area contributed by atoms with Crippen molar-refractivity contribution in [3.63, 3.8) is 0 Å². The van der Waals surface area contributed by atoms with Crippen LogP contribution in [0.3, 0.4) is 0 Å². The first kappa shape index (κ1) is 21.6. The van der Waals surface area contributed by atoms with E-state index in [1.165, 1.54) is 0 Å². The summed E-state index contributed by atoms with van der Waals surface area (Å²) in [7, 11) is 0. The third-order valence-electron chi connectivity index (χ3n) is 5.96. The van der Waals surface area contributed by atoms with Crippen molar-refractivity contribution in [2.45, 2.75) is 6.92 Å². The van der Waals surface area contributed by atoms with Gasteiger partial charge in [0.2, 0.25) is 5.91 Å². The number of pyridine rings is 1. The zero-order valence-corrected chi connectivity index (χ0v) is 18.6. The molecular weight excluding hydrogens is 434 g/mol. The van der Waals surface area contributed by atoms with E-state index in [-0.39, 0.29) is 5.69 Å². The Balaban J connectivity index is 1.66. The van der Waals surface area contributed by atoms with E-state index in [2.05, 4.69) is 15.0 Å². The van der Waals surface area contributed by atoms with Crippen molar-refractivity contribution in [3.8, 4) is 16.8 Å². The molecule has 1 amide bonds. The lowest BCUT2D eigenvalue weighted by Gasteiger charge is -2.29. The van der Waals surface area contributed by atoms with Crippen molar-refractivity contribution in [2.75, 3.05) is 31.2 Å². The minimum absolute atomic E-state index is 0.0908. The zero-order chi connectivity index (χ0) is 23.8. The summed E-state index contributed by atoms with van der Waals surface area (Å²) >= 11 is 0. The number of carboxylic acids is 1. The molecule has 1 fully saturated rings. The van der Waals surface area contributed by atoms with Crippen LogP contribution in [0.5, 0.6) is 0 Å². The molecule has 4 aromatic rings. The SMILES string of the molecule is Cc1nn(-c2cccc(C(N)=O)c2)c2nc(C(=O)O)cc(-c3ccc(N4CCOCC4)cc3)c12. The number of carbonyl (C=O) groups is 2. The fraction of sp³-hybridized carbons (Fsp3) is 0.200. The number of benzene rings is 2. The van der Waals surface area contributed by atoms with Crippen LogP contribution in [0.15, 0.2) is 54.6 Å². The number of morpholine rings is 1. The van der Waals surface area contributed by atoms with Gasteiger partial charge in [0.25, 0.3) is 0 Å². The fourth-order valence-electron chi connectivity index (χ4n) is 4.27. The Hall–Kier alpha value is -4.24. The number of hydrogen-bond donors (Lipinski definition) is 2. The number of aryl methyl sites for hydroxylation is 1. The summed E-state index contributed by atoms with van der Waals surface area (Å²) in [5.74, 6) is -1.69. The maximum absolute atomic E-state index is 11.9. The first-order valence-corrected chi connectivity index (χ1v) is 10.9. The van der Waals surface area contributed by atoms with Gasteiger partial charge in [-0.15, -0.1) is 0 Å². The Morgan fingerprint density at radius 3 is 2.44 bits per heavy atom. The number of rotatable bonds is 5. The Kier molecular flexibility index (Phi) is 5.46. The van der Waals surface area contributed by atoms with Crippen LogP contribution in [-0.4, -0.2) is 58.1 Å². The summed E-state index contributed by atoms with van der Waals surface area (Å²) in [5.41, 5.74) is 10.0. The van der Waals surface area contributed by atoms with Crippen LogP contribution in [-0.2, 0) is 4.74 Å². The largest absolute Gasteiger partial charge is 0.477 e. The second-order valence-corrected chi connectivity index (χ2v) is 8.12. The van der Waals surface area contributed by atoms with Gasteiger partial charge in [0, 0.05) is 24.3 Å².